The highest BCUT2D eigenvalue weighted by molar-refractivity contribution is 5.68. The smallest absolute Gasteiger partial charge is 0.305 e. The highest BCUT2D eigenvalue weighted by Crippen LogP contribution is 2.09. The number of carbonyl (C=O) groups excluding carboxylic acids is 1. The molecule has 0 unspecified atom stereocenters. The summed E-state index contributed by atoms with van der Waals surface area (Å²) in [5, 5.41) is 0. The van der Waals surface area contributed by atoms with Crippen molar-refractivity contribution in [3.05, 3.63) is 35.4 Å². The average Bonchev–Trinajstić information content (AvgIpc) is 2.34. The quantitative estimate of drug-likeness (QED) is 0.590. The van der Waals surface area contributed by atoms with Crippen LogP contribution in [0.15, 0.2) is 24.3 Å². The molecule has 0 aliphatic rings. The molecule has 1 aromatic rings. The van der Waals surface area contributed by atoms with Crippen LogP contribution in [0.3, 0.4) is 0 Å². The number of methoxy groups -OCH3 is 1. The molecule has 88 valence electrons. The maximum atomic E-state index is 10.9. The summed E-state index contributed by atoms with van der Waals surface area (Å²) in [6.45, 7) is 0.579. The van der Waals surface area contributed by atoms with Crippen molar-refractivity contribution in [3.8, 4) is 0 Å². The van der Waals surface area contributed by atoms with E-state index in [1.807, 2.05) is 12.1 Å². The van der Waals surface area contributed by atoms with Gasteiger partial charge in [-0.1, -0.05) is 24.3 Å². The summed E-state index contributed by atoms with van der Waals surface area (Å²) in [7, 11) is 1.42. The van der Waals surface area contributed by atoms with E-state index in [0.29, 0.717) is 13.0 Å². The van der Waals surface area contributed by atoms with Crippen molar-refractivity contribution in [1.29, 1.82) is 0 Å². The summed E-state index contributed by atoms with van der Waals surface area (Å²) in [5.74, 6) is -0.129. The first-order chi connectivity index (χ1) is 7.76. The molecule has 0 fully saturated rings. The van der Waals surface area contributed by atoms with Gasteiger partial charge in [-0.2, -0.15) is 0 Å². The van der Waals surface area contributed by atoms with Crippen LogP contribution in [0, 0.1) is 0 Å². The molecule has 0 radical (unpaired) electrons. The minimum absolute atomic E-state index is 0.129. The number of hydrogen-bond donors (Lipinski definition) is 1. The fourth-order valence-corrected chi connectivity index (χ4v) is 1.61. The molecule has 1 aromatic carbocycles. The van der Waals surface area contributed by atoms with Gasteiger partial charge in [-0.25, -0.2) is 0 Å². The molecule has 2 N–H and O–H groups in total. The molecule has 0 saturated heterocycles. The lowest BCUT2D eigenvalue weighted by atomic mass is 10.0. The van der Waals surface area contributed by atoms with Crippen LogP contribution in [-0.2, 0) is 22.5 Å². The van der Waals surface area contributed by atoms with E-state index in [2.05, 4.69) is 16.9 Å². The van der Waals surface area contributed by atoms with Gasteiger partial charge in [-0.15, -0.1) is 0 Å². The molecular weight excluding hydrogens is 202 g/mol. The third-order valence-electron chi connectivity index (χ3n) is 2.55. The number of aryl methyl sites for hydroxylation is 1. The SMILES string of the molecule is COC(=O)CCCCc1cccc(CN)c1. The standard InChI is InChI=1S/C13H19NO2/c1-16-13(15)8-3-2-5-11-6-4-7-12(9-11)10-14/h4,6-7,9H,2-3,5,8,10,14H2,1H3. The fourth-order valence-electron chi connectivity index (χ4n) is 1.61. The molecule has 0 bridgehead atoms. The second-order valence-corrected chi connectivity index (χ2v) is 3.81. The second-order valence-electron chi connectivity index (χ2n) is 3.81. The molecule has 0 aliphatic carbocycles. The summed E-state index contributed by atoms with van der Waals surface area (Å²) < 4.78 is 4.58. The van der Waals surface area contributed by atoms with Gasteiger partial charge in [0.2, 0.25) is 0 Å². The van der Waals surface area contributed by atoms with Gasteiger partial charge in [0, 0.05) is 13.0 Å². The van der Waals surface area contributed by atoms with Gasteiger partial charge in [0.1, 0.15) is 0 Å². The lowest BCUT2D eigenvalue weighted by Crippen LogP contribution is -2.00. The predicted octanol–water partition coefficient (Wildman–Crippen LogP) is 2.03. The van der Waals surface area contributed by atoms with Crippen molar-refractivity contribution < 1.29 is 9.53 Å². The number of carbonyl (C=O) groups is 1. The molecule has 3 heteroatoms. The largest absolute Gasteiger partial charge is 0.469 e. The lowest BCUT2D eigenvalue weighted by molar-refractivity contribution is -0.140. The summed E-state index contributed by atoms with van der Waals surface area (Å²) in [5.41, 5.74) is 8.01. The molecule has 0 heterocycles. The first kappa shape index (κ1) is 12.7. The molecule has 16 heavy (non-hydrogen) atoms. The van der Waals surface area contributed by atoms with Crippen molar-refractivity contribution in [2.45, 2.75) is 32.2 Å². The molecule has 0 aliphatic heterocycles. The molecule has 0 atom stereocenters. The molecule has 0 spiro atoms. The molecular formula is C13H19NO2. The van der Waals surface area contributed by atoms with Crippen LogP contribution < -0.4 is 5.73 Å². The summed E-state index contributed by atoms with van der Waals surface area (Å²) in [6.07, 6.45) is 3.38. The monoisotopic (exact) mass is 221 g/mol. The zero-order valence-electron chi connectivity index (χ0n) is 9.74. The van der Waals surface area contributed by atoms with E-state index in [-0.39, 0.29) is 5.97 Å². The highest BCUT2D eigenvalue weighted by Gasteiger charge is 2.00. The first-order valence-electron chi connectivity index (χ1n) is 5.61. The van der Waals surface area contributed by atoms with Crippen molar-refractivity contribution in [3.63, 3.8) is 0 Å². The first-order valence-corrected chi connectivity index (χ1v) is 5.61. The van der Waals surface area contributed by atoms with E-state index < -0.39 is 0 Å². The topological polar surface area (TPSA) is 52.3 Å². The zero-order chi connectivity index (χ0) is 11.8. The van der Waals surface area contributed by atoms with Crippen LogP contribution in [0.4, 0.5) is 0 Å². The minimum Gasteiger partial charge on any atom is -0.469 e. The van der Waals surface area contributed by atoms with Gasteiger partial charge >= 0.3 is 5.97 Å². The van der Waals surface area contributed by atoms with Crippen LogP contribution in [0.25, 0.3) is 0 Å². The van der Waals surface area contributed by atoms with Crippen LogP contribution in [0.1, 0.15) is 30.4 Å². The second kappa shape index (κ2) is 7.01. The minimum atomic E-state index is -0.129. The van der Waals surface area contributed by atoms with Crippen molar-refractivity contribution in [1.82, 2.24) is 0 Å². The van der Waals surface area contributed by atoms with Crippen molar-refractivity contribution in [2.24, 2.45) is 5.73 Å². The van der Waals surface area contributed by atoms with Crippen LogP contribution in [-0.4, -0.2) is 13.1 Å². The van der Waals surface area contributed by atoms with Crippen molar-refractivity contribution in [2.75, 3.05) is 7.11 Å². The van der Waals surface area contributed by atoms with Gasteiger partial charge in [-0.05, 0) is 30.4 Å². The maximum absolute atomic E-state index is 10.9. The van der Waals surface area contributed by atoms with Gasteiger partial charge in [0.25, 0.3) is 0 Å². The molecule has 0 aromatic heterocycles. The number of hydrogen-bond acceptors (Lipinski definition) is 3. The molecule has 1 rings (SSSR count). The van der Waals surface area contributed by atoms with Crippen molar-refractivity contribution >= 4 is 5.97 Å². The number of rotatable bonds is 6. The average molecular weight is 221 g/mol. The van der Waals surface area contributed by atoms with E-state index in [1.54, 1.807) is 0 Å². The number of unbranched alkanes of at least 4 members (excludes halogenated alkanes) is 1. The van der Waals surface area contributed by atoms with Crippen LogP contribution >= 0.6 is 0 Å². The maximum Gasteiger partial charge on any atom is 0.305 e. The Morgan fingerprint density at radius 1 is 1.31 bits per heavy atom. The Morgan fingerprint density at radius 3 is 2.75 bits per heavy atom. The Bertz CT molecular complexity index is 336. The Morgan fingerprint density at radius 2 is 2.06 bits per heavy atom. The number of benzene rings is 1. The molecule has 3 nitrogen and oxygen atoms in total. The Hall–Kier alpha value is -1.35. The molecule has 0 amide bonds. The highest BCUT2D eigenvalue weighted by atomic mass is 16.5. The lowest BCUT2D eigenvalue weighted by Gasteiger charge is -2.03. The normalized spacial score (nSPS) is 10.1. The Labute approximate surface area is 96.6 Å². The van der Waals surface area contributed by atoms with Crippen LogP contribution in [0.5, 0.6) is 0 Å². The zero-order valence-corrected chi connectivity index (χ0v) is 9.74. The van der Waals surface area contributed by atoms with E-state index >= 15 is 0 Å². The summed E-state index contributed by atoms with van der Waals surface area (Å²) in [4.78, 5) is 10.9. The fraction of sp³-hybridized carbons (Fsp3) is 0.462. The number of nitrogens with two attached hydrogens (primary N) is 1. The van der Waals surface area contributed by atoms with E-state index in [1.165, 1.54) is 12.7 Å². The van der Waals surface area contributed by atoms with Crippen LogP contribution in [0.2, 0.25) is 0 Å². The third-order valence-corrected chi connectivity index (χ3v) is 2.55. The predicted molar refractivity (Wildman–Crippen MR) is 63.9 cm³/mol. The van der Waals surface area contributed by atoms with E-state index in [9.17, 15) is 4.79 Å². The van der Waals surface area contributed by atoms with Gasteiger partial charge in [-0.3, -0.25) is 4.79 Å². The molecule has 0 saturated carbocycles. The summed E-state index contributed by atoms with van der Waals surface area (Å²) in [6, 6.07) is 8.27. The number of ether oxygens (including phenoxy) is 1. The summed E-state index contributed by atoms with van der Waals surface area (Å²) >= 11 is 0. The van der Waals surface area contributed by atoms with E-state index in [0.717, 1.165) is 24.8 Å². The van der Waals surface area contributed by atoms with E-state index in [4.69, 9.17) is 5.73 Å². The van der Waals surface area contributed by atoms with Gasteiger partial charge in [0.05, 0.1) is 7.11 Å². The third kappa shape index (κ3) is 4.45. The Kier molecular flexibility index (Phi) is 5.57. The van der Waals surface area contributed by atoms with Gasteiger partial charge < -0.3 is 10.5 Å². The van der Waals surface area contributed by atoms with Gasteiger partial charge in [0.15, 0.2) is 0 Å². The Balaban J connectivity index is 2.28. The number of esters is 1.